The van der Waals surface area contributed by atoms with Crippen LogP contribution in [0.1, 0.15) is 20.3 Å². The molecule has 2 atom stereocenters. The van der Waals surface area contributed by atoms with Crippen molar-refractivity contribution in [3.63, 3.8) is 0 Å². The molecule has 1 aliphatic heterocycles. The zero-order valence-corrected chi connectivity index (χ0v) is 7.83. The van der Waals surface area contributed by atoms with Gasteiger partial charge in [0.1, 0.15) is 0 Å². The minimum absolute atomic E-state index is 0.0944. The predicted octanol–water partition coefficient (Wildman–Crippen LogP) is 1.02. The monoisotopic (exact) mass is 167 g/mol. The van der Waals surface area contributed by atoms with Crippen LogP contribution >= 0.6 is 0 Å². The molecular weight excluding hydrogens is 150 g/mol. The lowest BCUT2D eigenvalue weighted by atomic mass is 9.64. The Morgan fingerprint density at radius 2 is 1.92 bits per heavy atom. The number of hydrogen-bond donors (Lipinski definition) is 1. The van der Waals surface area contributed by atoms with Gasteiger partial charge in [-0.05, 0) is 6.42 Å². The van der Waals surface area contributed by atoms with E-state index in [2.05, 4.69) is 30.9 Å². The number of nitrogens with zero attached hydrogens (tertiary/aromatic N) is 1. The van der Waals surface area contributed by atoms with Crippen molar-refractivity contribution in [1.29, 1.82) is 0 Å². The maximum Gasteiger partial charge on any atom is 0.0621 e. The van der Waals surface area contributed by atoms with Gasteiger partial charge in [0.05, 0.1) is 6.10 Å². The fourth-order valence-corrected chi connectivity index (χ4v) is 2.25. The van der Waals surface area contributed by atoms with Crippen LogP contribution in [0.2, 0.25) is 0 Å². The van der Waals surface area contributed by atoms with Gasteiger partial charge in [-0.3, -0.25) is 4.90 Å². The van der Waals surface area contributed by atoms with E-state index in [1.54, 1.807) is 0 Å². The second-order valence-electron chi connectivity index (χ2n) is 4.51. The molecule has 2 aliphatic rings. The van der Waals surface area contributed by atoms with Gasteiger partial charge in [-0.2, -0.15) is 0 Å². The molecule has 1 heterocycles. The van der Waals surface area contributed by atoms with E-state index in [4.69, 9.17) is 0 Å². The van der Waals surface area contributed by atoms with Gasteiger partial charge in [0.2, 0.25) is 0 Å². The summed E-state index contributed by atoms with van der Waals surface area (Å²) < 4.78 is 0. The van der Waals surface area contributed by atoms with E-state index >= 15 is 0 Å². The molecule has 0 aromatic carbocycles. The molecule has 0 bridgehead atoms. The molecule has 68 valence electrons. The molecule has 1 aliphatic carbocycles. The van der Waals surface area contributed by atoms with E-state index in [1.807, 2.05) is 0 Å². The molecule has 1 fully saturated rings. The second-order valence-corrected chi connectivity index (χ2v) is 4.51. The van der Waals surface area contributed by atoms with Crippen molar-refractivity contribution in [2.45, 2.75) is 32.4 Å². The molecular formula is C10H17NO. The molecule has 1 saturated carbocycles. The molecule has 1 N–H and O–H groups in total. The molecule has 12 heavy (non-hydrogen) atoms. The smallest absolute Gasteiger partial charge is 0.0621 e. The average molecular weight is 167 g/mol. The summed E-state index contributed by atoms with van der Waals surface area (Å²) in [4.78, 5) is 2.44. The lowest BCUT2D eigenvalue weighted by Gasteiger charge is -2.53. The van der Waals surface area contributed by atoms with E-state index in [9.17, 15) is 5.11 Å². The Labute approximate surface area is 73.9 Å². The summed E-state index contributed by atoms with van der Waals surface area (Å²) in [7, 11) is 0. The van der Waals surface area contributed by atoms with E-state index in [0.29, 0.717) is 6.04 Å². The summed E-state index contributed by atoms with van der Waals surface area (Å²) in [6.45, 7) is 6.45. The Kier molecular flexibility index (Phi) is 1.77. The maximum atomic E-state index is 9.56. The third kappa shape index (κ3) is 1.02. The highest BCUT2D eigenvalue weighted by Gasteiger charge is 2.49. The molecule has 0 radical (unpaired) electrons. The molecule has 0 aromatic rings. The van der Waals surface area contributed by atoms with Crippen LogP contribution in [-0.4, -0.2) is 35.2 Å². The van der Waals surface area contributed by atoms with Gasteiger partial charge >= 0.3 is 0 Å². The Hall–Kier alpha value is -0.340. The van der Waals surface area contributed by atoms with Gasteiger partial charge in [0, 0.05) is 24.5 Å². The van der Waals surface area contributed by atoms with Gasteiger partial charge in [-0.1, -0.05) is 26.0 Å². The summed E-state index contributed by atoms with van der Waals surface area (Å²) in [5, 5.41) is 9.56. The molecule has 2 nitrogen and oxygen atoms in total. The highest BCUT2D eigenvalue weighted by atomic mass is 16.3. The van der Waals surface area contributed by atoms with Crippen LogP contribution in [0.3, 0.4) is 0 Å². The maximum absolute atomic E-state index is 9.56. The fraction of sp³-hybridized carbons (Fsp3) is 0.800. The van der Waals surface area contributed by atoms with Crippen molar-refractivity contribution in [3.8, 4) is 0 Å². The predicted molar refractivity (Wildman–Crippen MR) is 48.9 cm³/mol. The lowest BCUT2D eigenvalue weighted by Crippen LogP contribution is -2.60. The Morgan fingerprint density at radius 3 is 2.33 bits per heavy atom. The zero-order valence-electron chi connectivity index (χ0n) is 7.83. The molecule has 0 amide bonds. The van der Waals surface area contributed by atoms with E-state index in [0.717, 1.165) is 19.5 Å². The number of hydrogen-bond acceptors (Lipinski definition) is 2. The highest BCUT2D eigenvalue weighted by Crippen LogP contribution is 2.44. The lowest BCUT2D eigenvalue weighted by molar-refractivity contribution is -0.113. The molecule has 0 saturated heterocycles. The SMILES string of the molecule is CC1(C)C(O)CC1N1CC=CC1. The van der Waals surface area contributed by atoms with Gasteiger partial charge in [-0.15, -0.1) is 0 Å². The molecule has 0 spiro atoms. The minimum atomic E-state index is -0.0944. The van der Waals surface area contributed by atoms with Crippen molar-refractivity contribution in [2.24, 2.45) is 5.41 Å². The first kappa shape index (κ1) is 8.27. The first-order chi connectivity index (χ1) is 5.62. The number of aliphatic hydroxyl groups excluding tert-OH is 1. The van der Waals surface area contributed by atoms with Gasteiger partial charge < -0.3 is 5.11 Å². The van der Waals surface area contributed by atoms with Crippen LogP contribution in [0.4, 0.5) is 0 Å². The van der Waals surface area contributed by atoms with Gasteiger partial charge in [0.15, 0.2) is 0 Å². The first-order valence-corrected chi connectivity index (χ1v) is 4.69. The average Bonchev–Trinajstić information content (AvgIpc) is 2.51. The minimum Gasteiger partial charge on any atom is -0.392 e. The first-order valence-electron chi connectivity index (χ1n) is 4.69. The standard InChI is InChI=1S/C10H17NO/c1-10(2)8(7-9(10)12)11-5-3-4-6-11/h3-4,8-9,12H,5-7H2,1-2H3. The van der Waals surface area contributed by atoms with Crippen LogP contribution < -0.4 is 0 Å². The second kappa shape index (κ2) is 2.57. The van der Waals surface area contributed by atoms with Crippen molar-refractivity contribution < 1.29 is 5.11 Å². The fourth-order valence-electron chi connectivity index (χ4n) is 2.25. The van der Waals surface area contributed by atoms with Crippen LogP contribution in [0.15, 0.2) is 12.2 Å². The highest BCUT2D eigenvalue weighted by molar-refractivity contribution is 5.08. The van der Waals surface area contributed by atoms with E-state index in [-0.39, 0.29) is 11.5 Å². The summed E-state index contributed by atoms with van der Waals surface area (Å²) in [6, 6.07) is 0.586. The normalized spacial score (nSPS) is 39.9. The summed E-state index contributed by atoms with van der Waals surface area (Å²) >= 11 is 0. The van der Waals surface area contributed by atoms with Crippen molar-refractivity contribution in [1.82, 2.24) is 4.90 Å². The molecule has 2 heteroatoms. The summed E-state index contributed by atoms with van der Waals surface area (Å²) in [5.41, 5.74) is 0.103. The van der Waals surface area contributed by atoms with Crippen molar-refractivity contribution in [3.05, 3.63) is 12.2 Å². The van der Waals surface area contributed by atoms with Crippen LogP contribution in [0.5, 0.6) is 0 Å². The molecule has 2 unspecified atom stereocenters. The number of aliphatic hydroxyl groups is 1. The third-order valence-electron chi connectivity index (χ3n) is 3.45. The molecule has 0 aromatic heterocycles. The Morgan fingerprint density at radius 1 is 1.33 bits per heavy atom. The van der Waals surface area contributed by atoms with Crippen LogP contribution in [0.25, 0.3) is 0 Å². The van der Waals surface area contributed by atoms with Crippen molar-refractivity contribution >= 4 is 0 Å². The van der Waals surface area contributed by atoms with Gasteiger partial charge in [-0.25, -0.2) is 0 Å². The Balaban J connectivity index is 1.99. The van der Waals surface area contributed by atoms with Crippen molar-refractivity contribution in [2.75, 3.05) is 13.1 Å². The topological polar surface area (TPSA) is 23.5 Å². The van der Waals surface area contributed by atoms with Crippen LogP contribution in [0, 0.1) is 5.41 Å². The zero-order chi connectivity index (χ0) is 8.77. The third-order valence-corrected chi connectivity index (χ3v) is 3.45. The van der Waals surface area contributed by atoms with E-state index < -0.39 is 0 Å². The quantitative estimate of drug-likeness (QED) is 0.589. The summed E-state index contributed by atoms with van der Waals surface area (Å²) in [5.74, 6) is 0. The van der Waals surface area contributed by atoms with Crippen LogP contribution in [-0.2, 0) is 0 Å². The summed E-state index contributed by atoms with van der Waals surface area (Å²) in [6.07, 6.45) is 5.28. The molecule has 2 rings (SSSR count). The Bertz CT molecular complexity index is 202. The largest absolute Gasteiger partial charge is 0.392 e. The number of rotatable bonds is 1. The van der Waals surface area contributed by atoms with Gasteiger partial charge in [0.25, 0.3) is 0 Å². The van der Waals surface area contributed by atoms with E-state index in [1.165, 1.54) is 0 Å².